The summed E-state index contributed by atoms with van der Waals surface area (Å²) < 4.78 is 0. The molecule has 5 rings (SSSR count). The molecule has 4 aromatic rings. The first-order valence-electron chi connectivity index (χ1n) is 7.90. The fourth-order valence-electron chi connectivity index (χ4n) is 4.08. The Kier molecular flexibility index (Phi) is 2.45. The maximum atomic E-state index is 10.6. The van der Waals surface area contributed by atoms with E-state index in [0.717, 1.165) is 22.1 Å². The van der Waals surface area contributed by atoms with E-state index >= 15 is 0 Å². The minimum Gasteiger partial charge on any atom is -0.386 e. The molecule has 1 aliphatic carbocycles. The van der Waals surface area contributed by atoms with Crippen LogP contribution in [-0.4, -0.2) is 16.3 Å². The van der Waals surface area contributed by atoms with Crippen LogP contribution in [0.5, 0.6) is 0 Å². The lowest BCUT2D eigenvalue weighted by molar-refractivity contribution is 0.0476. The highest BCUT2D eigenvalue weighted by Crippen LogP contribution is 2.43. The number of allylic oxidation sites excluding steroid dienone is 1. The SMILES string of the molecule is CC1=C[C@H](O)[C@@H](O)c2c1cc1ccc3cccc4ccc2c1c34. The average Bonchev–Trinajstić information content (AvgIpc) is 2.57. The molecule has 0 aromatic heterocycles. The third-order valence-corrected chi connectivity index (χ3v) is 5.15. The zero-order chi connectivity index (χ0) is 15.7. The van der Waals surface area contributed by atoms with Crippen LogP contribution >= 0.6 is 0 Å². The predicted octanol–water partition coefficient (Wildman–Crippen LogP) is 4.40. The number of aliphatic hydroxyl groups excluding tert-OH is 2. The molecule has 2 heteroatoms. The number of benzene rings is 4. The molecule has 1 aliphatic rings. The summed E-state index contributed by atoms with van der Waals surface area (Å²) in [4.78, 5) is 0. The van der Waals surface area contributed by atoms with E-state index in [1.54, 1.807) is 6.08 Å². The first kappa shape index (κ1) is 13.1. The lowest BCUT2D eigenvalue weighted by Gasteiger charge is -2.27. The van der Waals surface area contributed by atoms with E-state index in [1.807, 2.05) is 6.92 Å². The van der Waals surface area contributed by atoms with Crippen molar-refractivity contribution in [2.45, 2.75) is 19.1 Å². The van der Waals surface area contributed by atoms with Gasteiger partial charge in [-0.25, -0.2) is 0 Å². The van der Waals surface area contributed by atoms with E-state index in [4.69, 9.17) is 0 Å². The molecule has 0 unspecified atom stereocenters. The van der Waals surface area contributed by atoms with Crippen LogP contribution in [0.2, 0.25) is 0 Å². The Morgan fingerprint density at radius 3 is 2.30 bits per heavy atom. The molecule has 0 bridgehead atoms. The maximum absolute atomic E-state index is 10.6. The summed E-state index contributed by atoms with van der Waals surface area (Å²) in [5.74, 6) is 0. The summed E-state index contributed by atoms with van der Waals surface area (Å²) in [6, 6.07) is 17.0. The molecule has 2 atom stereocenters. The highest BCUT2D eigenvalue weighted by Gasteiger charge is 2.28. The molecule has 0 amide bonds. The van der Waals surface area contributed by atoms with Crippen LogP contribution in [0.4, 0.5) is 0 Å². The maximum Gasteiger partial charge on any atom is 0.110 e. The van der Waals surface area contributed by atoms with Crippen LogP contribution in [-0.2, 0) is 0 Å². The highest BCUT2D eigenvalue weighted by molar-refractivity contribution is 6.24. The monoisotopic (exact) mass is 300 g/mol. The van der Waals surface area contributed by atoms with Gasteiger partial charge in [0, 0.05) is 0 Å². The van der Waals surface area contributed by atoms with Gasteiger partial charge in [0.1, 0.15) is 12.2 Å². The Bertz CT molecular complexity index is 1090. The van der Waals surface area contributed by atoms with Crippen molar-refractivity contribution in [1.82, 2.24) is 0 Å². The fourth-order valence-corrected chi connectivity index (χ4v) is 4.08. The smallest absolute Gasteiger partial charge is 0.110 e. The first-order chi connectivity index (χ1) is 11.1. The fraction of sp³-hybridized carbons (Fsp3) is 0.143. The van der Waals surface area contributed by atoms with Crippen LogP contribution in [0.25, 0.3) is 37.9 Å². The molecular formula is C21H16O2. The van der Waals surface area contributed by atoms with Gasteiger partial charge >= 0.3 is 0 Å². The zero-order valence-electron chi connectivity index (χ0n) is 12.7. The molecule has 2 nitrogen and oxygen atoms in total. The number of hydrogen-bond acceptors (Lipinski definition) is 2. The molecule has 112 valence electrons. The van der Waals surface area contributed by atoms with E-state index in [0.29, 0.717) is 0 Å². The van der Waals surface area contributed by atoms with Gasteiger partial charge in [-0.15, -0.1) is 0 Å². The normalized spacial score (nSPS) is 21.1. The predicted molar refractivity (Wildman–Crippen MR) is 94.8 cm³/mol. The number of aliphatic hydroxyl groups is 2. The van der Waals surface area contributed by atoms with Crippen LogP contribution in [0, 0.1) is 0 Å². The summed E-state index contributed by atoms with van der Waals surface area (Å²) in [6.07, 6.45) is 0.0177. The van der Waals surface area contributed by atoms with Crippen molar-refractivity contribution in [2.75, 3.05) is 0 Å². The second kappa shape index (κ2) is 4.31. The zero-order valence-corrected chi connectivity index (χ0v) is 12.7. The summed E-state index contributed by atoms with van der Waals surface area (Å²) in [7, 11) is 0. The molecule has 0 fully saturated rings. The number of rotatable bonds is 0. The van der Waals surface area contributed by atoms with Gasteiger partial charge in [-0.2, -0.15) is 0 Å². The summed E-state index contributed by atoms with van der Waals surface area (Å²) in [5, 5.41) is 27.8. The molecule has 0 saturated carbocycles. The summed E-state index contributed by atoms with van der Waals surface area (Å²) in [6.45, 7) is 1.99. The van der Waals surface area contributed by atoms with E-state index < -0.39 is 12.2 Å². The quantitative estimate of drug-likeness (QED) is 0.473. The van der Waals surface area contributed by atoms with Crippen molar-refractivity contribution >= 4 is 37.9 Å². The van der Waals surface area contributed by atoms with Gasteiger partial charge < -0.3 is 10.2 Å². The van der Waals surface area contributed by atoms with Gasteiger partial charge in [-0.05, 0) is 68.1 Å². The first-order valence-corrected chi connectivity index (χ1v) is 7.90. The Morgan fingerprint density at radius 1 is 0.826 bits per heavy atom. The van der Waals surface area contributed by atoms with Crippen LogP contribution in [0.15, 0.2) is 54.6 Å². The largest absolute Gasteiger partial charge is 0.386 e. The van der Waals surface area contributed by atoms with Crippen LogP contribution < -0.4 is 0 Å². The third-order valence-electron chi connectivity index (χ3n) is 5.15. The Morgan fingerprint density at radius 2 is 1.52 bits per heavy atom. The van der Waals surface area contributed by atoms with Crippen LogP contribution in [0.1, 0.15) is 24.2 Å². The van der Waals surface area contributed by atoms with Crippen molar-refractivity contribution in [2.24, 2.45) is 0 Å². The molecule has 23 heavy (non-hydrogen) atoms. The lowest BCUT2D eigenvalue weighted by Crippen LogP contribution is -2.21. The van der Waals surface area contributed by atoms with Crippen molar-refractivity contribution in [3.05, 3.63) is 65.7 Å². The van der Waals surface area contributed by atoms with Crippen molar-refractivity contribution in [3.8, 4) is 0 Å². The number of fused-ring (bicyclic) bond motifs is 2. The van der Waals surface area contributed by atoms with Gasteiger partial charge in [0.05, 0.1) is 0 Å². The summed E-state index contributed by atoms with van der Waals surface area (Å²) >= 11 is 0. The topological polar surface area (TPSA) is 40.5 Å². The second-order valence-corrected chi connectivity index (χ2v) is 6.48. The average molecular weight is 300 g/mol. The molecular weight excluding hydrogens is 284 g/mol. The standard InChI is InChI=1S/C21H16O2/c1-11-9-17(22)21(23)20-15-8-7-13-4-2-3-12-5-6-14(10-16(11)20)19(15)18(12)13/h2-10,17,21-23H,1H3/t17-,21+/m0/s1. The molecule has 0 saturated heterocycles. The summed E-state index contributed by atoms with van der Waals surface area (Å²) in [5.41, 5.74) is 2.90. The van der Waals surface area contributed by atoms with Crippen LogP contribution in [0.3, 0.4) is 0 Å². The van der Waals surface area contributed by atoms with Crippen molar-refractivity contribution in [3.63, 3.8) is 0 Å². The van der Waals surface area contributed by atoms with E-state index in [1.165, 1.54) is 26.9 Å². The van der Waals surface area contributed by atoms with E-state index in [-0.39, 0.29) is 0 Å². The van der Waals surface area contributed by atoms with Gasteiger partial charge in [0.25, 0.3) is 0 Å². The van der Waals surface area contributed by atoms with Gasteiger partial charge in [0.2, 0.25) is 0 Å². The molecule has 0 radical (unpaired) electrons. The van der Waals surface area contributed by atoms with Crippen molar-refractivity contribution in [1.29, 1.82) is 0 Å². The molecule has 0 aliphatic heterocycles. The number of hydrogen-bond donors (Lipinski definition) is 2. The van der Waals surface area contributed by atoms with Crippen molar-refractivity contribution < 1.29 is 10.2 Å². The molecule has 4 aromatic carbocycles. The van der Waals surface area contributed by atoms with E-state index in [9.17, 15) is 10.2 Å². The molecule has 2 N–H and O–H groups in total. The Balaban J connectivity index is 2.07. The molecule has 0 heterocycles. The second-order valence-electron chi connectivity index (χ2n) is 6.48. The third kappa shape index (κ3) is 1.60. The highest BCUT2D eigenvalue weighted by atomic mass is 16.3. The lowest BCUT2D eigenvalue weighted by atomic mass is 9.81. The van der Waals surface area contributed by atoms with Gasteiger partial charge in [-0.1, -0.05) is 42.5 Å². The minimum absolute atomic E-state index is 0.846. The molecule has 0 spiro atoms. The Hall–Kier alpha value is -2.42. The van der Waals surface area contributed by atoms with E-state index in [2.05, 4.69) is 48.5 Å². The van der Waals surface area contributed by atoms with Gasteiger partial charge in [0.15, 0.2) is 0 Å². The van der Waals surface area contributed by atoms with Gasteiger partial charge in [-0.3, -0.25) is 0 Å². The minimum atomic E-state index is -0.877. The Labute approximate surface area is 133 Å².